The molecule has 0 saturated carbocycles. The fourth-order valence-electron chi connectivity index (χ4n) is 7.62. The molecule has 65 heavy (non-hydrogen) atoms. The summed E-state index contributed by atoms with van der Waals surface area (Å²) >= 11 is 6.13. The van der Waals surface area contributed by atoms with Crippen molar-refractivity contribution in [3.63, 3.8) is 0 Å². The van der Waals surface area contributed by atoms with Crippen LogP contribution in [-0.2, 0) is 43.0 Å². The Kier molecular flexibility index (Phi) is 12.9. The number of hydrogen-bond donors (Lipinski definition) is 1. The Labute approximate surface area is 370 Å². The highest BCUT2D eigenvalue weighted by Crippen LogP contribution is 2.40. The van der Waals surface area contributed by atoms with E-state index in [1.54, 1.807) is 38.7 Å². The van der Waals surface area contributed by atoms with Crippen LogP contribution >= 0.6 is 11.6 Å². The number of benzene rings is 2. The number of ether oxygens (including phenoxy) is 2. The number of H-pyrrole nitrogens is 1. The fraction of sp³-hybridized carbons (Fsp3) is 0.311. The number of rotatable bonds is 6. The van der Waals surface area contributed by atoms with Crippen molar-refractivity contribution >= 4 is 29.1 Å². The van der Waals surface area contributed by atoms with E-state index in [-0.39, 0.29) is 59.4 Å². The minimum atomic E-state index is -4.64. The summed E-state index contributed by atoms with van der Waals surface area (Å²) in [7, 11) is 0. The zero-order valence-electron chi connectivity index (χ0n) is 35.0. The first-order chi connectivity index (χ1) is 30.5. The number of pyridine rings is 2. The van der Waals surface area contributed by atoms with E-state index < -0.39 is 58.7 Å². The number of hydrogen-bond acceptors (Lipinski definition) is 7. The summed E-state index contributed by atoms with van der Waals surface area (Å²) in [6.45, 7) is 8.13. The SMILES string of the molecule is CC(C)(C)OC(=O)n1c(-c2c(F)cccc2F)cc2c1CCN(c1cnc(C(F)(F)F)cc1Cl)C2.CCOc1cc(C(F)(F)F)ncc1N1CCc2[nH]c(-c3c(F)cccc3F)cc2C1. The van der Waals surface area contributed by atoms with E-state index in [0.29, 0.717) is 42.1 Å². The van der Waals surface area contributed by atoms with Gasteiger partial charge in [-0.2, -0.15) is 26.3 Å². The third-order valence-corrected chi connectivity index (χ3v) is 10.7. The maximum Gasteiger partial charge on any atom is 0.433 e. The number of nitrogens with zero attached hydrogens (tertiary/aromatic N) is 5. The number of alkyl halides is 6. The summed E-state index contributed by atoms with van der Waals surface area (Å²) in [6.07, 6.45) is -7.04. The second-order valence-corrected chi connectivity index (χ2v) is 16.4. The first-order valence-corrected chi connectivity index (χ1v) is 20.4. The van der Waals surface area contributed by atoms with Gasteiger partial charge in [0.05, 0.1) is 57.9 Å². The lowest BCUT2D eigenvalue weighted by atomic mass is 10.1. The highest BCUT2D eigenvalue weighted by atomic mass is 35.5. The van der Waals surface area contributed by atoms with Gasteiger partial charge in [0, 0.05) is 56.5 Å². The predicted molar refractivity (Wildman–Crippen MR) is 222 cm³/mol. The van der Waals surface area contributed by atoms with Gasteiger partial charge in [-0.15, -0.1) is 0 Å². The van der Waals surface area contributed by atoms with Crippen molar-refractivity contribution in [2.75, 3.05) is 29.5 Å². The van der Waals surface area contributed by atoms with Crippen LogP contribution in [0.15, 0.2) is 73.1 Å². The van der Waals surface area contributed by atoms with Gasteiger partial charge in [0.1, 0.15) is 46.0 Å². The average molecular weight is 937 g/mol. The fourth-order valence-corrected chi connectivity index (χ4v) is 7.89. The summed E-state index contributed by atoms with van der Waals surface area (Å²) in [5.41, 5.74) is 0.194. The van der Waals surface area contributed by atoms with Crippen molar-refractivity contribution in [3.8, 4) is 28.3 Å². The van der Waals surface area contributed by atoms with Crippen molar-refractivity contribution in [3.05, 3.63) is 135 Å². The van der Waals surface area contributed by atoms with E-state index in [1.807, 2.05) is 4.90 Å². The first kappa shape index (κ1) is 46.7. The Balaban J connectivity index is 0.000000196. The Bertz CT molecular complexity index is 2700. The van der Waals surface area contributed by atoms with Crippen LogP contribution in [-0.4, -0.2) is 50.9 Å². The van der Waals surface area contributed by atoms with Crippen LogP contribution in [0.3, 0.4) is 0 Å². The molecule has 6 aromatic rings. The molecule has 0 amide bonds. The van der Waals surface area contributed by atoms with Crippen molar-refractivity contribution in [2.24, 2.45) is 0 Å². The van der Waals surface area contributed by atoms with Crippen molar-refractivity contribution in [2.45, 2.75) is 71.6 Å². The lowest BCUT2D eigenvalue weighted by Gasteiger charge is -2.30. The van der Waals surface area contributed by atoms with Gasteiger partial charge in [0.25, 0.3) is 0 Å². The van der Waals surface area contributed by atoms with E-state index in [0.717, 1.165) is 52.5 Å². The van der Waals surface area contributed by atoms with Gasteiger partial charge in [0.15, 0.2) is 0 Å². The summed E-state index contributed by atoms with van der Waals surface area (Å²) in [4.78, 5) is 26.7. The summed E-state index contributed by atoms with van der Waals surface area (Å²) < 4.78 is 148. The van der Waals surface area contributed by atoms with Crippen LogP contribution in [0.1, 0.15) is 61.6 Å². The molecule has 0 fully saturated rings. The highest BCUT2D eigenvalue weighted by Gasteiger charge is 2.36. The molecular formula is C45H39ClF10N6O3. The van der Waals surface area contributed by atoms with E-state index in [4.69, 9.17) is 21.1 Å². The number of carbonyl (C=O) groups excluding carboxylic acids is 1. The van der Waals surface area contributed by atoms with Gasteiger partial charge in [-0.25, -0.2) is 36.9 Å². The zero-order valence-corrected chi connectivity index (χ0v) is 35.8. The zero-order chi connectivity index (χ0) is 47.2. The standard InChI is InChI=1S/C24H21ClF5N3O2.C21H18F5N3O/c1-23(2,3)35-22(34)33-17-7-8-32(19-11-31-20(10-14(19)25)24(28,29)30)12-13(17)9-18(33)21-15(26)5-4-6-16(21)27;1-2-30-18-9-19(21(24,25)26)27-10-17(18)29-7-6-15-12(11-29)8-16(28-15)20-13(22)4-3-5-14(20)23/h4-6,9-11H,7-8,12H2,1-3H3;3-5,8-10,28H,2,6-7,11H2,1H3. The Hall–Kier alpha value is -6.24. The predicted octanol–water partition coefficient (Wildman–Crippen LogP) is 12.2. The second-order valence-electron chi connectivity index (χ2n) is 16.0. The van der Waals surface area contributed by atoms with Crippen LogP contribution in [0, 0.1) is 23.3 Å². The molecule has 1 N–H and O–H groups in total. The monoisotopic (exact) mass is 936 g/mol. The molecule has 0 atom stereocenters. The van der Waals surface area contributed by atoms with Crippen LogP contribution in [0.5, 0.6) is 5.75 Å². The molecule has 344 valence electrons. The minimum Gasteiger partial charge on any atom is -0.492 e. The molecule has 0 saturated heterocycles. The summed E-state index contributed by atoms with van der Waals surface area (Å²) in [6, 6.07) is 11.9. The van der Waals surface area contributed by atoms with Gasteiger partial charge in [-0.1, -0.05) is 23.7 Å². The van der Waals surface area contributed by atoms with E-state index in [1.165, 1.54) is 30.3 Å². The van der Waals surface area contributed by atoms with E-state index in [9.17, 15) is 48.7 Å². The van der Waals surface area contributed by atoms with Crippen LogP contribution in [0.2, 0.25) is 5.02 Å². The molecule has 0 radical (unpaired) electrons. The van der Waals surface area contributed by atoms with Gasteiger partial charge in [0.2, 0.25) is 0 Å². The minimum absolute atomic E-state index is 0.0154. The van der Waals surface area contributed by atoms with Gasteiger partial charge in [-0.05, 0) is 81.3 Å². The lowest BCUT2D eigenvalue weighted by molar-refractivity contribution is -0.142. The smallest absolute Gasteiger partial charge is 0.433 e. The molecule has 4 aromatic heterocycles. The number of aromatic amines is 1. The van der Waals surface area contributed by atoms with Crippen molar-refractivity contribution < 1.29 is 58.2 Å². The molecule has 0 aliphatic carbocycles. The number of aromatic nitrogens is 4. The second kappa shape index (κ2) is 18.0. The maximum absolute atomic E-state index is 14.7. The summed E-state index contributed by atoms with van der Waals surface area (Å²) in [5, 5.41) is -0.136. The van der Waals surface area contributed by atoms with Crippen LogP contribution in [0.4, 0.5) is 60.1 Å². The highest BCUT2D eigenvalue weighted by molar-refractivity contribution is 6.33. The van der Waals surface area contributed by atoms with Crippen LogP contribution in [0.25, 0.3) is 22.5 Å². The van der Waals surface area contributed by atoms with Gasteiger partial charge >= 0.3 is 18.4 Å². The molecule has 2 aromatic carbocycles. The Morgan fingerprint density at radius 1 is 0.738 bits per heavy atom. The molecular weight excluding hydrogens is 898 g/mol. The topological polar surface area (TPSA) is 88.5 Å². The molecule has 0 bridgehead atoms. The molecule has 6 heterocycles. The number of anilines is 2. The van der Waals surface area contributed by atoms with E-state index in [2.05, 4.69) is 15.0 Å². The summed E-state index contributed by atoms with van der Waals surface area (Å²) in [5.74, 6) is -2.95. The van der Waals surface area contributed by atoms with Crippen LogP contribution < -0.4 is 14.5 Å². The molecule has 2 aliphatic rings. The van der Waals surface area contributed by atoms with E-state index >= 15 is 0 Å². The average Bonchev–Trinajstić information content (AvgIpc) is 3.81. The molecule has 9 nitrogen and oxygen atoms in total. The first-order valence-electron chi connectivity index (χ1n) is 20.0. The molecule has 20 heteroatoms. The Morgan fingerprint density at radius 3 is 1.85 bits per heavy atom. The van der Waals surface area contributed by atoms with Crippen molar-refractivity contribution in [1.82, 2.24) is 19.5 Å². The molecule has 8 rings (SSSR count). The quantitative estimate of drug-likeness (QED) is 0.166. The third kappa shape index (κ3) is 10.0. The van der Waals surface area contributed by atoms with Gasteiger partial charge < -0.3 is 24.3 Å². The molecule has 0 spiro atoms. The molecule has 0 unspecified atom stereocenters. The van der Waals surface area contributed by atoms with Crippen molar-refractivity contribution in [1.29, 1.82) is 0 Å². The maximum atomic E-state index is 14.7. The third-order valence-electron chi connectivity index (χ3n) is 10.4. The number of nitrogens with one attached hydrogen (secondary N) is 1. The number of fused-ring (bicyclic) bond motifs is 2. The number of halogens is 11. The normalized spacial score (nSPS) is 14.1. The number of carbonyl (C=O) groups is 1. The largest absolute Gasteiger partial charge is 0.492 e. The Morgan fingerprint density at radius 2 is 1.28 bits per heavy atom. The lowest BCUT2D eigenvalue weighted by Crippen LogP contribution is -2.34. The molecule has 2 aliphatic heterocycles. The van der Waals surface area contributed by atoms with Gasteiger partial charge in [-0.3, -0.25) is 0 Å².